The van der Waals surface area contributed by atoms with Gasteiger partial charge in [0, 0.05) is 36.6 Å². The highest BCUT2D eigenvalue weighted by atomic mass is 19.1. The van der Waals surface area contributed by atoms with E-state index in [9.17, 15) is 23.9 Å². The van der Waals surface area contributed by atoms with E-state index in [0.29, 0.717) is 35.8 Å². The summed E-state index contributed by atoms with van der Waals surface area (Å²) in [7, 11) is 0. The summed E-state index contributed by atoms with van der Waals surface area (Å²) in [6, 6.07) is 9.34. The number of nitrogens with zero attached hydrogens (tertiary/aromatic N) is 2. The number of piperidine rings is 1. The standard InChI is InChI=1S/C24H26FN3O5/c1-13(29)8-21(30)28-11-17-18(12-28)22(17)33-20-10-15(24(2,3)27-23(31)32)9-19(26-20)14-4-6-16(25)7-5-14/h4-7,9-10,17-18,22,27H,8,11-12H2,1-3H3,(H,31,32)/t17-,18+,22-. The molecule has 0 unspecified atom stereocenters. The van der Waals surface area contributed by atoms with E-state index in [1.807, 2.05) is 0 Å². The van der Waals surface area contributed by atoms with Gasteiger partial charge in [-0.05, 0) is 56.7 Å². The topological polar surface area (TPSA) is 109 Å². The van der Waals surface area contributed by atoms with Crippen LogP contribution in [-0.4, -0.2) is 52.0 Å². The van der Waals surface area contributed by atoms with Crippen LogP contribution in [0.15, 0.2) is 36.4 Å². The van der Waals surface area contributed by atoms with Gasteiger partial charge in [-0.15, -0.1) is 0 Å². The van der Waals surface area contributed by atoms with Crippen LogP contribution in [0.1, 0.15) is 32.8 Å². The number of ketones is 1. The maximum absolute atomic E-state index is 13.4. The molecular weight excluding hydrogens is 429 g/mol. The zero-order valence-electron chi connectivity index (χ0n) is 18.7. The number of nitrogens with one attached hydrogen (secondary N) is 1. The molecule has 0 radical (unpaired) electrons. The van der Waals surface area contributed by atoms with Crippen LogP contribution in [0, 0.1) is 17.7 Å². The summed E-state index contributed by atoms with van der Waals surface area (Å²) in [5.41, 5.74) is 0.938. The second kappa shape index (κ2) is 8.46. The van der Waals surface area contributed by atoms with Crippen LogP contribution in [0.4, 0.5) is 9.18 Å². The van der Waals surface area contributed by atoms with E-state index in [1.54, 1.807) is 43.0 Å². The third kappa shape index (κ3) is 4.97. The average molecular weight is 455 g/mol. The first-order valence-electron chi connectivity index (χ1n) is 10.8. The molecule has 2 heterocycles. The molecule has 3 atom stereocenters. The van der Waals surface area contributed by atoms with Crippen molar-refractivity contribution < 1.29 is 28.6 Å². The van der Waals surface area contributed by atoms with Crippen molar-refractivity contribution in [2.75, 3.05) is 13.1 Å². The summed E-state index contributed by atoms with van der Waals surface area (Å²) in [6.45, 7) is 5.95. The molecule has 1 saturated heterocycles. The predicted octanol–water partition coefficient (Wildman–Crippen LogP) is 3.21. The van der Waals surface area contributed by atoms with Gasteiger partial charge >= 0.3 is 6.09 Å². The second-order valence-electron chi connectivity index (χ2n) is 9.23. The largest absolute Gasteiger partial charge is 0.474 e. The highest BCUT2D eigenvalue weighted by Gasteiger charge is 2.59. The lowest BCUT2D eigenvalue weighted by atomic mass is 9.93. The Kier molecular flexibility index (Phi) is 5.82. The van der Waals surface area contributed by atoms with Gasteiger partial charge in [-0.3, -0.25) is 9.59 Å². The first kappa shape index (κ1) is 22.7. The van der Waals surface area contributed by atoms with Gasteiger partial charge in [-0.2, -0.15) is 0 Å². The van der Waals surface area contributed by atoms with E-state index >= 15 is 0 Å². The van der Waals surface area contributed by atoms with E-state index in [-0.39, 0.29) is 41.9 Å². The number of hydrogen-bond acceptors (Lipinski definition) is 5. The van der Waals surface area contributed by atoms with Gasteiger partial charge in [0.15, 0.2) is 0 Å². The summed E-state index contributed by atoms with van der Waals surface area (Å²) in [6.07, 6.45) is -1.35. The highest BCUT2D eigenvalue weighted by molar-refractivity contribution is 5.97. The SMILES string of the molecule is CC(=O)CC(=O)N1C[C@@H]2[C@H](C1)[C@@H]2Oc1cc(C(C)(C)NC(=O)O)cc(-c2ccc(F)cc2)n1. The Labute approximate surface area is 190 Å². The lowest BCUT2D eigenvalue weighted by Crippen LogP contribution is -2.40. The number of rotatable bonds is 7. The van der Waals surface area contributed by atoms with E-state index in [2.05, 4.69) is 10.3 Å². The van der Waals surface area contributed by atoms with Crippen molar-refractivity contribution in [2.45, 2.75) is 38.8 Å². The van der Waals surface area contributed by atoms with Gasteiger partial charge in [0.05, 0.1) is 17.7 Å². The Morgan fingerprint density at radius 1 is 1.18 bits per heavy atom. The van der Waals surface area contributed by atoms with Crippen molar-refractivity contribution in [2.24, 2.45) is 11.8 Å². The maximum atomic E-state index is 13.4. The molecule has 2 aromatic rings. The number of hydrogen-bond donors (Lipinski definition) is 2. The average Bonchev–Trinajstić information content (AvgIpc) is 3.15. The summed E-state index contributed by atoms with van der Waals surface area (Å²) in [5, 5.41) is 11.7. The molecule has 1 saturated carbocycles. The highest BCUT2D eigenvalue weighted by Crippen LogP contribution is 2.48. The third-order valence-electron chi connectivity index (χ3n) is 6.21. The zero-order chi connectivity index (χ0) is 23.9. The van der Waals surface area contributed by atoms with Crippen LogP contribution < -0.4 is 10.1 Å². The Balaban J connectivity index is 1.55. The molecule has 4 rings (SSSR count). The van der Waals surface area contributed by atoms with Gasteiger partial charge in [-0.25, -0.2) is 14.2 Å². The zero-order valence-corrected chi connectivity index (χ0v) is 18.7. The minimum absolute atomic E-state index is 0.0821. The monoisotopic (exact) mass is 455 g/mol. The van der Waals surface area contributed by atoms with Crippen molar-refractivity contribution >= 4 is 17.8 Å². The van der Waals surface area contributed by atoms with Crippen LogP contribution in [0.3, 0.4) is 0 Å². The number of Topliss-reactive ketones (excluding diaryl/α,β-unsaturated/α-hetero) is 1. The van der Waals surface area contributed by atoms with E-state index < -0.39 is 11.6 Å². The predicted molar refractivity (Wildman–Crippen MR) is 117 cm³/mol. The van der Waals surface area contributed by atoms with Crippen molar-refractivity contribution in [1.29, 1.82) is 0 Å². The maximum Gasteiger partial charge on any atom is 0.405 e. The number of halogens is 1. The first-order valence-corrected chi connectivity index (χ1v) is 10.8. The summed E-state index contributed by atoms with van der Waals surface area (Å²) < 4.78 is 19.6. The molecule has 1 aromatic heterocycles. The summed E-state index contributed by atoms with van der Waals surface area (Å²) in [4.78, 5) is 40.9. The third-order valence-corrected chi connectivity index (χ3v) is 6.21. The number of carbonyl (C=O) groups is 3. The van der Waals surface area contributed by atoms with Crippen LogP contribution in [0.25, 0.3) is 11.3 Å². The molecule has 1 aliphatic carbocycles. The van der Waals surface area contributed by atoms with Crippen molar-refractivity contribution in [1.82, 2.24) is 15.2 Å². The number of pyridine rings is 1. The van der Waals surface area contributed by atoms with Gasteiger partial charge in [0.1, 0.15) is 17.7 Å². The number of carbonyl (C=O) groups excluding carboxylic acids is 2. The van der Waals surface area contributed by atoms with Crippen molar-refractivity contribution in [3.05, 3.63) is 47.8 Å². The molecule has 33 heavy (non-hydrogen) atoms. The Morgan fingerprint density at radius 3 is 2.39 bits per heavy atom. The van der Waals surface area contributed by atoms with Gasteiger partial charge in [0.25, 0.3) is 0 Å². The summed E-state index contributed by atoms with van der Waals surface area (Å²) >= 11 is 0. The second-order valence-corrected chi connectivity index (χ2v) is 9.23. The van der Waals surface area contributed by atoms with Crippen LogP contribution in [-0.2, 0) is 15.1 Å². The van der Waals surface area contributed by atoms with Gasteiger partial charge in [-0.1, -0.05) is 0 Å². The normalized spacial score (nSPS) is 21.3. The molecule has 2 amide bonds. The number of carboxylic acid groups (broad SMARTS) is 1. The number of fused-ring (bicyclic) bond motifs is 1. The van der Waals surface area contributed by atoms with Crippen LogP contribution in [0.5, 0.6) is 5.88 Å². The number of likely N-dealkylation sites (tertiary alicyclic amines) is 1. The van der Waals surface area contributed by atoms with Crippen LogP contribution >= 0.6 is 0 Å². The van der Waals surface area contributed by atoms with Crippen LogP contribution in [0.2, 0.25) is 0 Å². The smallest absolute Gasteiger partial charge is 0.405 e. The quantitative estimate of drug-likeness (QED) is 0.621. The molecule has 2 aliphatic rings. The number of benzene rings is 1. The van der Waals surface area contributed by atoms with Crippen molar-refractivity contribution in [3.8, 4) is 17.1 Å². The Hall–Kier alpha value is -3.49. The fourth-order valence-electron chi connectivity index (χ4n) is 4.35. The van der Waals surface area contributed by atoms with E-state index in [1.165, 1.54) is 19.1 Å². The molecule has 1 aromatic carbocycles. The molecule has 0 bridgehead atoms. The molecule has 8 nitrogen and oxygen atoms in total. The molecule has 174 valence electrons. The van der Waals surface area contributed by atoms with Gasteiger partial charge in [0.2, 0.25) is 11.8 Å². The molecule has 2 N–H and O–H groups in total. The Morgan fingerprint density at radius 2 is 1.82 bits per heavy atom. The first-order chi connectivity index (χ1) is 15.5. The van der Waals surface area contributed by atoms with Gasteiger partial charge < -0.3 is 20.1 Å². The number of aromatic nitrogens is 1. The Bertz CT molecular complexity index is 1090. The molecule has 9 heteroatoms. The molecule has 2 fully saturated rings. The summed E-state index contributed by atoms with van der Waals surface area (Å²) in [5.74, 6) is 0.00701. The van der Waals surface area contributed by atoms with Crippen molar-refractivity contribution in [3.63, 3.8) is 0 Å². The molecular formula is C24H26FN3O5. The fraction of sp³-hybridized carbons (Fsp3) is 0.417. The lowest BCUT2D eigenvalue weighted by Gasteiger charge is -2.26. The lowest BCUT2D eigenvalue weighted by molar-refractivity contribution is -0.134. The van der Waals surface area contributed by atoms with E-state index in [4.69, 9.17) is 4.74 Å². The minimum Gasteiger partial charge on any atom is -0.474 e. The fourth-order valence-corrected chi connectivity index (χ4v) is 4.35. The number of ether oxygens (including phenoxy) is 1. The number of amides is 2. The molecule has 1 aliphatic heterocycles. The minimum atomic E-state index is -1.16. The van der Waals surface area contributed by atoms with E-state index in [0.717, 1.165) is 0 Å². The molecule has 0 spiro atoms.